The first kappa shape index (κ1) is 58.7. The molecule has 0 bridgehead atoms. The lowest BCUT2D eigenvalue weighted by molar-refractivity contribution is -0.461. The lowest BCUT2D eigenvalue weighted by Crippen LogP contribution is -2.74. The number of hydrogen-bond acceptors (Lipinski definition) is 6. The van der Waals surface area contributed by atoms with Gasteiger partial charge in [0.1, 0.15) is 30.1 Å². The summed E-state index contributed by atoms with van der Waals surface area (Å²) in [6.07, 6.45) is -9.87. The first-order valence-electron chi connectivity index (χ1n) is 19.4. The van der Waals surface area contributed by atoms with E-state index in [1.54, 1.807) is 6.92 Å². The van der Waals surface area contributed by atoms with E-state index in [1.807, 2.05) is 0 Å². The molecule has 0 spiro atoms. The summed E-state index contributed by atoms with van der Waals surface area (Å²) in [6.45, 7) is 5.70. The number of nitrogens with one attached hydrogen (secondary N) is 2. The van der Waals surface area contributed by atoms with E-state index >= 15 is 0 Å². The van der Waals surface area contributed by atoms with Crippen LogP contribution in [0, 0.1) is 17.6 Å². The molecular formula is C39H43F19N2O6Si. The molecular weight excluding hydrogens is 981 g/mol. The predicted octanol–water partition coefficient (Wildman–Crippen LogP) is 13.3. The van der Waals surface area contributed by atoms with Crippen molar-refractivity contribution in [1.29, 1.82) is 0 Å². The second-order valence-corrected chi connectivity index (χ2v) is 20.7. The van der Waals surface area contributed by atoms with Gasteiger partial charge in [0.2, 0.25) is 0 Å². The Labute approximate surface area is 370 Å². The highest BCUT2D eigenvalue weighted by molar-refractivity contribution is 6.76. The smallest absolute Gasteiger partial charge is 0.460 e. The van der Waals surface area contributed by atoms with Gasteiger partial charge in [0.05, 0.1) is 12.3 Å². The molecule has 28 heteroatoms. The number of hydrogen-bond donors (Lipinski definition) is 3. The molecule has 8 nitrogen and oxygen atoms in total. The van der Waals surface area contributed by atoms with E-state index in [0.29, 0.717) is 11.6 Å². The summed E-state index contributed by atoms with van der Waals surface area (Å²) in [5.41, 5.74) is -0.600. The highest BCUT2D eigenvalue weighted by Gasteiger charge is 2.95. The number of allylic oxidation sites excluding steroid dienone is 1. The van der Waals surface area contributed by atoms with Gasteiger partial charge in [-0.1, -0.05) is 52.8 Å². The zero-order chi connectivity index (χ0) is 52.0. The molecule has 0 heterocycles. The molecule has 0 aromatic heterocycles. The Morgan fingerprint density at radius 2 is 1.21 bits per heavy atom. The van der Waals surface area contributed by atoms with Crippen LogP contribution >= 0.6 is 0 Å². The number of benzene rings is 2. The molecule has 0 fully saturated rings. The molecule has 67 heavy (non-hydrogen) atoms. The van der Waals surface area contributed by atoms with Crippen LogP contribution in [0.3, 0.4) is 0 Å². The molecule has 2 aromatic rings. The number of carbonyl (C=O) groups excluding carboxylic acids is 2. The van der Waals surface area contributed by atoms with Gasteiger partial charge in [-0.3, -0.25) is 15.3 Å². The number of carbonyl (C=O) groups is 2. The zero-order valence-corrected chi connectivity index (χ0v) is 36.4. The standard InChI is InChI=1S/C39H43F19N2O6Si/c1-21(2)67(22(3)4,19-16-32(42,43)33(44,45)34(46,47)35(48,49)36(50,51)37(52,53)38(54,55)39(56,57)58)65-18-17-64-26-13-10-24(11-14-26)30(23(5)8-6-7-9-29(61)60-63)66-31(62)59-28-15-12-25(40)20-27(28)41/h7,9-15,20-23,30,63H,6,8,16-19H2,1-5H3,(H,59,62)(H,60,61)/b9-7+/t23-,30+/m0/s1. The molecule has 0 radical (unpaired) electrons. The second-order valence-electron chi connectivity index (χ2n) is 15.7. The van der Waals surface area contributed by atoms with Crippen molar-refractivity contribution >= 4 is 26.0 Å². The fourth-order valence-electron chi connectivity index (χ4n) is 6.60. The molecule has 2 aromatic carbocycles. The average molecular weight is 1020 g/mol. The van der Waals surface area contributed by atoms with Crippen LogP contribution in [-0.2, 0) is 14.0 Å². The Bertz CT molecular complexity index is 1990. The minimum absolute atomic E-state index is 0.0422. The fourth-order valence-corrected chi connectivity index (χ4v) is 11.1. The Balaban J connectivity index is 2.30. The highest BCUT2D eigenvalue weighted by Crippen LogP contribution is 2.64. The minimum Gasteiger partial charge on any atom is -0.491 e. The second kappa shape index (κ2) is 21.4. The van der Waals surface area contributed by atoms with Crippen molar-refractivity contribution in [2.45, 2.75) is 125 Å². The maximum atomic E-state index is 15.0. The molecule has 0 aliphatic rings. The van der Waals surface area contributed by atoms with Gasteiger partial charge in [0.15, 0.2) is 8.32 Å². The van der Waals surface area contributed by atoms with Crippen LogP contribution in [0.4, 0.5) is 93.9 Å². The molecule has 0 saturated heterocycles. The third-order valence-electron chi connectivity index (χ3n) is 10.6. The van der Waals surface area contributed by atoms with Gasteiger partial charge in [-0.2, -0.15) is 74.6 Å². The van der Waals surface area contributed by atoms with E-state index < -0.39 is 134 Å². The Morgan fingerprint density at radius 1 is 0.701 bits per heavy atom. The minimum atomic E-state index is -8.72. The van der Waals surface area contributed by atoms with E-state index in [2.05, 4.69) is 5.32 Å². The van der Waals surface area contributed by atoms with Crippen LogP contribution in [0.1, 0.15) is 65.5 Å². The number of amides is 2. The van der Waals surface area contributed by atoms with Crippen molar-refractivity contribution in [2.24, 2.45) is 5.92 Å². The number of hydroxylamine groups is 1. The fraction of sp³-hybridized carbons (Fsp3) is 0.590. The van der Waals surface area contributed by atoms with Crippen molar-refractivity contribution in [3.8, 4) is 5.75 Å². The lowest BCUT2D eigenvalue weighted by atomic mass is 9.88. The Hall–Kier alpha value is -4.47. The topological polar surface area (TPSA) is 106 Å². The molecule has 3 N–H and O–H groups in total. The summed E-state index contributed by atoms with van der Waals surface area (Å²) in [6, 6.07) is 6.33. The maximum Gasteiger partial charge on any atom is 0.460 e. The molecule has 2 rings (SSSR count). The first-order valence-corrected chi connectivity index (χ1v) is 21.7. The number of rotatable bonds is 24. The van der Waals surface area contributed by atoms with Crippen LogP contribution in [-0.4, -0.2) is 86.4 Å². The van der Waals surface area contributed by atoms with Gasteiger partial charge in [-0.25, -0.2) is 19.1 Å². The monoisotopic (exact) mass is 1020 g/mol. The van der Waals surface area contributed by atoms with Crippen LogP contribution < -0.4 is 15.5 Å². The normalized spacial score (nSPS) is 15.0. The largest absolute Gasteiger partial charge is 0.491 e. The van der Waals surface area contributed by atoms with Crippen molar-refractivity contribution in [2.75, 3.05) is 18.5 Å². The number of anilines is 1. The van der Waals surface area contributed by atoms with Crippen molar-refractivity contribution in [3.63, 3.8) is 0 Å². The molecule has 0 unspecified atom stereocenters. The molecule has 2 amide bonds. The molecule has 382 valence electrons. The van der Waals surface area contributed by atoms with Gasteiger partial charge < -0.3 is 13.9 Å². The summed E-state index contributed by atoms with van der Waals surface area (Å²) < 4.78 is 280. The highest BCUT2D eigenvalue weighted by atomic mass is 28.4. The van der Waals surface area contributed by atoms with E-state index in [0.717, 1.165) is 18.2 Å². The lowest BCUT2D eigenvalue weighted by Gasteiger charge is -2.44. The van der Waals surface area contributed by atoms with E-state index in [9.17, 15) is 93.0 Å². The van der Waals surface area contributed by atoms with Gasteiger partial charge in [-0.05, 0) is 65.7 Å². The van der Waals surface area contributed by atoms with E-state index in [-0.39, 0.29) is 18.6 Å². The Kier molecular flexibility index (Phi) is 18.8. The average Bonchev–Trinajstić information content (AvgIpc) is 3.21. The predicted molar refractivity (Wildman–Crippen MR) is 201 cm³/mol. The first-order chi connectivity index (χ1) is 30.3. The third kappa shape index (κ3) is 12.2. The third-order valence-corrected chi connectivity index (χ3v) is 16.3. The molecule has 0 aliphatic carbocycles. The molecule has 0 saturated carbocycles. The van der Waals surface area contributed by atoms with Gasteiger partial charge in [0.25, 0.3) is 5.91 Å². The zero-order valence-electron chi connectivity index (χ0n) is 35.4. The van der Waals surface area contributed by atoms with Crippen LogP contribution in [0.5, 0.6) is 5.75 Å². The van der Waals surface area contributed by atoms with Gasteiger partial charge in [-0.15, -0.1) is 0 Å². The number of alkyl halides is 17. The van der Waals surface area contributed by atoms with Crippen molar-refractivity contribution in [3.05, 3.63) is 71.8 Å². The van der Waals surface area contributed by atoms with E-state index in [4.69, 9.17) is 19.1 Å². The molecule has 2 atom stereocenters. The summed E-state index contributed by atoms with van der Waals surface area (Å²) in [5.74, 6) is -60.4. The number of ether oxygens (including phenoxy) is 2. The SMILES string of the molecule is CC(C)[Si](CCC(F)(F)C(F)(F)C(F)(F)C(F)(F)C(F)(F)C(F)(F)C(F)(F)C(F)(F)F)(OCCOc1ccc([C@H](OC(=O)Nc2ccc(F)cc2F)[C@@H](C)CC/C=C/C(=O)NO)cc1)C(C)C. The van der Waals surface area contributed by atoms with Gasteiger partial charge in [0, 0.05) is 18.6 Å². The van der Waals surface area contributed by atoms with Crippen molar-refractivity contribution in [1.82, 2.24) is 5.48 Å². The maximum absolute atomic E-state index is 15.0. The summed E-state index contributed by atoms with van der Waals surface area (Å²) in [5, 5.41) is 10.8. The summed E-state index contributed by atoms with van der Waals surface area (Å²) >= 11 is 0. The van der Waals surface area contributed by atoms with E-state index in [1.165, 1.54) is 63.5 Å². The number of halogens is 19. The molecule has 0 aliphatic heterocycles. The van der Waals surface area contributed by atoms with Crippen LogP contribution in [0.2, 0.25) is 17.1 Å². The van der Waals surface area contributed by atoms with Crippen molar-refractivity contribution < 1.29 is 112 Å². The van der Waals surface area contributed by atoms with Crippen LogP contribution in [0.15, 0.2) is 54.6 Å². The van der Waals surface area contributed by atoms with Crippen LogP contribution in [0.25, 0.3) is 0 Å². The summed E-state index contributed by atoms with van der Waals surface area (Å²) in [7, 11) is -4.06. The summed E-state index contributed by atoms with van der Waals surface area (Å²) in [4.78, 5) is 24.1. The Morgan fingerprint density at radius 3 is 1.69 bits per heavy atom. The van der Waals surface area contributed by atoms with Gasteiger partial charge >= 0.3 is 53.7 Å². The quantitative estimate of drug-likeness (QED) is 0.0242.